The molecule has 1 unspecified atom stereocenters. The molecule has 0 saturated carbocycles. The second-order valence-electron chi connectivity index (χ2n) is 6.51. The van der Waals surface area contributed by atoms with Gasteiger partial charge in [0.1, 0.15) is 11.5 Å². The fourth-order valence-corrected chi connectivity index (χ4v) is 3.17. The number of hydrogen-bond acceptors (Lipinski definition) is 4. The van der Waals surface area contributed by atoms with Crippen LogP contribution in [0.2, 0.25) is 5.02 Å². The highest BCUT2D eigenvalue weighted by atomic mass is 35.5. The zero-order valence-corrected chi connectivity index (χ0v) is 16.2. The first-order chi connectivity index (χ1) is 13.1. The minimum Gasteiger partial charge on any atom is -0.497 e. The van der Waals surface area contributed by atoms with E-state index >= 15 is 0 Å². The molecule has 0 radical (unpaired) electrons. The minimum atomic E-state index is -0.0281. The first-order valence-corrected chi connectivity index (χ1v) is 9.42. The summed E-state index contributed by atoms with van der Waals surface area (Å²) in [5.41, 5.74) is 1.06. The molecule has 27 heavy (non-hydrogen) atoms. The summed E-state index contributed by atoms with van der Waals surface area (Å²) in [6.07, 6.45) is 1.91. The molecule has 3 rings (SSSR count). The number of piperidine rings is 1. The molecule has 0 aromatic heterocycles. The van der Waals surface area contributed by atoms with Gasteiger partial charge in [0.05, 0.1) is 19.8 Å². The van der Waals surface area contributed by atoms with Crippen molar-refractivity contribution in [3.8, 4) is 11.5 Å². The van der Waals surface area contributed by atoms with Crippen LogP contribution in [-0.4, -0.2) is 43.7 Å². The van der Waals surface area contributed by atoms with Gasteiger partial charge < -0.3 is 19.1 Å². The molecule has 1 heterocycles. The van der Waals surface area contributed by atoms with E-state index in [1.165, 1.54) is 0 Å². The number of hydrogen-bond donors (Lipinski definition) is 0. The largest absolute Gasteiger partial charge is 0.497 e. The summed E-state index contributed by atoms with van der Waals surface area (Å²) in [6, 6.07) is 14.8. The normalized spacial score (nSPS) is 16.8. The Bertz CT molecular complexity index is 750. The number of rotatable bonds is 7. The third-order valence-electron chi connectivity index (χ3n) is 4.53. The van der Waals surface area contributed by atoms with Gasteiger partial charge in [-0.25, -0.2) is 0 Å². The highest BCUT2D eigenvalue weighted by Crippen LogP contribution is 2.19. The molecule has 6 heteroatoms. The van der Waals surface area contributed by atoms with Gasteiger partial charge in [-0.1, -0.05) is 23.7 Å². The molecule has 1 saturated heterocycles. The standard InChI is InChI=1S/C21H24ClNO4/c1-25-19-5-2-4-16(12-19)14-26-20-6-3-11-23(13-20)21(24)15-27-18-9-7-17(22)8-10-18/h2,4-5,7-10,12,20H,3,6,11,13-15H2,1H3. The van der Waals surface area contributed by atoms with Gasteiger partial charge in [-0.15, -0.1) is 0 Å². The number of nitrogens with zero attached hydrogens (tertiary/aromatic N) is 1. The van der Waals surface area contributed by atoms with Gasteiger partial charge in [0.2, 0.25) is 0 Å². The zero-order valence-electron chi connectivity index (χ0n) is 15.4. The molecule has 2 aromatic rings. The van der Waals surface area contributed by atoms with Crippen LogP contribution in [-0.2, 0) is 16.1 Å². The molecule has 144 valence electrons. The lowest BCUT2D eigenvalue weighted by molar-refractivity contribution is -0.137. The minimum absolute atomic E-state index is 0.0181. The smallest absolute Gasteiger partial charge is 0.260 e. The summed E-state index contributed by atoms with van der Waals surface area (Å²) in [4.78, 5) is 14.3. The van der Waals surface area contributed by atoms with E-state index < -0.39 is 0 Å². The summed E-state index contributed by atoms with van der Waals surface area (Å²) in [5, 5.41) is 0.640. The second-order valence-corrected chi connectivity index (χ2v) is 6.95. The van der Waals surface area contributed by atoms with Crippen LogP contribution in [0, 0.1) is 0 Å². The van der Waals surface area contributed by atoms with Gasteiger partial charge in [0.15, 0.2) is 6.61 Å². The van der Waals surface area contributed by atoms with E-state index in [0.717, 1.165) is 30.7 Å². The van der Waals surface area contributed by atoms with Crippen molar-refractivity contribution >= 4 is 17.5 Å². The Labute approximate surface area is 164 Å². The van der Waals surface area contributed by atoms with Crippen LogP contribution < -0.4 is 9.47 Å². The van der Waals surface area contributed by atoms with Gasteiger partial charge >= 0.3 is 0 Å². The maximum atomic E-state index is 12.4. The van der Waals surface area contributed by atoms with Crippen molar-refractivity contribution in [2.24, 2.45) is 0 Å². The molecule has 1 amide bonds. The Morgan fingerprint density at radius 2 is 2.00 bits per heavy atom. The van der Waals surface area contributed by atoms with Crippen LogP contribution in [0.1, 0.15) is 18.4 Å². The van der Waals surface area contributed by atoms with Crippen LogP contribution in [0.15, 0.2) is 48.5 Å². The molecule has 5 nitrogen and oxygen atoms in total. The SMILES string of the molecule is COc1cccc(COC2CCCN(C(=O)COc3ccc(Cl)cc3)C2)c1. The quantitative estimate of drug-likeness (QED) is 0.719. The number of amides is 1. The van der Waals surface area contributed by atoms with Crippen molar-refractivity contribution in [1.82, 2.24) is 4.90 Å². The molecule has 0 bridgehead atoms. The van der Waals surface area contributed by atoms with Crippen LogP contribution in [0.25, 0.3) is 0 Å². The predicted octanol–water partition coefficient (Wildman–Crippen LogP) is 3.94. The summed E-state index contributed by atoms with van der Waals surface area (Å²) in [5.74, 6) is 1.42. The molecule has 2 aromatic carbocycles. The van der Waals surface area contributed by atoms with Crippen LogP contribution in [0.3, 0.4) is 0 Å². The second kappa shape index (κ2) is 9.62. The van der Waals surface area contributed by atoms with Crippen molar-refractivity contribution in [3.05, 3.63) is 59.1 Å². The van der Waals surface area contributed by atoms with Crippen molar-refractivity contribution in [1.29, 1.82) is 0 Å². The zero-order chi connectivity index (χ0) is 19.1. The highest BCUT2D eigenvalue weighted by Gasteiger charge is 2.24. The maximum absolute atomic E-state index is 12.4. The van der Waals surface area contributed by atoms with E-state index in [9.17, 15) is 4.79 Å². The van der Waals surface area contributed by atoms with Crippen LogP contribution in [0.4, 0.5) is 0 Å². The number of benzene rings is 2. The lowest BCUT2D eigenvalue weighted by Gasteiger charge is -2.32. The lowest BCUT2D eigenvalue weighted by atomic mass is 10.1. The molecule has 1 atom stereocenters. The number of likely N-dealkylation sites (tertiary alicyclic amines) is 1. The average Bonchev–Trinajstić information content (AvgIpc) is 2.72. The van der Waals surface area contributed by atoms with E-state index in [1.54, 1.807) is 31.4 Å². The topological polar surface area (TPSA) is 48.0 Å². The van der Waals surface area contributed by atoms with Crippen LogP contribution >= 0.6 is 11.6 Å². The number of ether oxygens (including phenoxy) is 3. The van der Waals surface area contributed by atoms with Gasteiger partial charge in [0.25, 0.3) is 5.91 Å². The molecular weight excluding hydrogens is 366 g/mol. The summed E-state index contributed by atoms with van der Waals surface area (Å²) in [7, 11) is 1.65. The third kappa shape index (κ3) is 5.88. The fraction of sp³-hybridized carbons (Fsp3) is 0.381. The Kier molecular flexibility index (Phi) is 6.96. The Balaban J connectivity index is 1.46. The van der Waals surface area contributed by atoms with E-state index in [2.05, 4.69) is 0 Å². The number of halogens is 1. The Hall–Kier alpha value is -2.24. The van der Waals surface area contributed by atoms with Gasteiger partial charge in [-0.05, 0) is 54.8 Å². The Morgan fingerprint density at radius 1 is 1.19 bits per heavy atom. The summed E-state index contributed by atoms with van der Waals surface area (Å²) in [6.45, 7) is 1.85. The van der Waals surface area contributed by atoms with E-state index in [0.29, 0.717) is 23.9 Å². The molecule has 0 aliphatic carbocycles. The Morgan fingerprint density at radius 3 is 2.78 bits per heavy atom. The predicted molar refractivity (Wildman–Crippen MR) is 104 cm³/mol. The van der Waals surface area contributed by atoms with Gasteiger partial charge in [-0.2, -0.15) is 0 Å². The molecule has 1 aliphatic heterocycles. The number of carbonyl (C=O) groups excluding carboxylic acids is 1. The van der Waals surface area contributed by atoms with Gasteiger partial charge in [-0.3, -0.25) is 4.79 Å². The van der Waals surface area contributed by atoms with Crippen molar-refractivity contribution in [3.63, 3.8) is 0 Å². The average molecular weight is 390 g/mol. The van der Waals surface area contributed by atoms with Gasteiger partial charge in [0, 0.05) is 18.1 Å². The van der Waals surface area contributed by atoms with Crippen molar-refractivity contribution in [2.75, 3.05) is 26.8 Å². The molecular formula is C21H24ClNO4. The summed E-state index contributed by atoms with van der Waals surface area (Å²) < 4.78 is 16.8. The number of carbonyl (C=O) groups is 1. The molecule has 1 aliphatic rings. The van der Waals surface area contributed by atoms with E-state index in [4.69, 9.17) is 25.8 Å². The fourth-order valence-electron chi connectivity index (χ4n) is 3.04. The molecule has 1 fully saturated rings. The number of methoxy groups -OCH3 is 1. The van der Waals surface area contributed by atoms with E-state index in [-0.39, 0.29) is 18.6 Å². The van der Waals surface area contributed by atoms with E-state index in [1.807, 2.05) is 29.2 Å². The van der Waals surface area contributed by atoms with Crippen molar-refractivity contribution in [2.45, 2.75) is 25.6 Å². The van der Waals surface area contributed by atoms with Crippen LogP contribution in [0.5, 0.6) is 11.5 Å². The third-order valence-corrected chi connectivity index (χ3v) is 4.78. The summed E-state index contributed by atoms with van der Waals surface area (Å²) >= 11 is 5.85. The monoisotopic (exact) mass is 389 g/mol. The molecule has 0 N–H and O–H groups in total. The highest BCUT2D eigenvalue weighted by molar-refractivity contribution is 6.30. The van der Waals surface area contributed by atoms with Crippen molar-refractivity contribution < 1.29 is 19.0 Å². The first kappa shape index (κ1) is 19.5. The lowest BCUT2D eigenvalue weighted by Crippen LogP contribution is -2.45. The first-order valence-electron chi connectivity index (χ1n) is 9.05. The maximum Gasteiger partial charge on any atom is 0.260 e. The molecule has 0 spiro atoms.